The molecule has 0 saturated heterocycles. The Kier molecular flexibility index (Phi) is 20.4. The summed E-state index contributed by atoms with van der Waals surface area (Å²) in [5, 5.41) is 66.3. The van der Waals surface area contributed by atoms with Crippen LogP contribution in [0.25, 0.3) is 0 Å². The van der Waals surface area contributed by atoms with Gasteiger partial charge in [0.25, 0.3) is 5.91 Å². The molecule has 2 amide bonds. The maximum atomic E-state index is 12.6. The van der Waals surface area contributed by atoms with Gasteiger partial charge in [-0.2, -0.15) is 0 Å². The number of aliphatic hydroxyl groups is 5. The van der Waals surface area contributed by atoms with Crippen LogP contribution in [-0.4, -0.2) is 122 Å². The molecule has 0 unspecified atom stereocenters. The average Bonchev–Trinajstić information content (AvgIpc) is 3.18. The number of aryl methyl sites for hydroxylation is 1. The number of hydrogen-bond donors (Lipinski definition) is 12. The predicted molar refractivity (Wildman–Crippen MR) is 221 cm³/mol. The summed E-state index contributed by atoms with van der Waals surface area (Å²) in [6.07, 6.45) is 8.32. The molecule has 3 rings (SSSR count). The van der Waals surface area contributed by atoms with E-state index in [1.54, 1.807) is 0 Å². The van der Waals surface area contributed by atoms with Gasteiger partial charge in [-0.1, -0.05) is 49.9 Å². The Morgan fingerprint density at radius 2 is 1.65 bits per heavy atom. The molecule has 318 valence electrons. The first-order valence-electron chi connectivity index (χ1n) is 19.9. The molecule has 1 aromatic carbocycles. The number of primary amides is 1. The fourth-order valence-electron chi connectivity index (χ4n) is 6.96. The minimum Gasteiger partial charge on any atom is -0.510 e. The third kappa shape index (κ3) is 15.6. The monoisotopic (exact) mass is 818 g/mol. The lowest BCUT2D eigenvalue weighted by atomic mass is 9.82. The van der Waals surface area contributed by atoms with Crippen LogP contribution in [-0.2, 0) is 30.5 Å². The zero-order valence-corrected chi connectivity index (χ0v) is 33.7. The van der Waals surface area contributed by atoms with Crippen LogP contribution in [0.4, 0.5) is 11.6 Å². The average molecular weight is 819 g/mol. The van der Waals surface area contributed by atoms with Crippen LogP contribution in [0.2, 0.25) is 5.15 Å². The Hall–Kier alpha value is -4.10. The van der Waals surface area contributed by atoms with Crippen molar-refractivity contribution in [2.24, 2.45) is 5.73 Å². The van der Waals surface area contributed by atoms with Crippen molar-refractivity contribution in [2.75, 3.05) is 50.8 Å². The van der Waals surface area contributed by atoms with Crippen LogP contribution in [0.1, 0.15) is 97.5 Å². The molecule has 0 radical (unpaired) electrons. The summed E-state index contributed by atoms with van der Waals surface area (Å²) in [6, 6.07) is 3.67. The molecule has 0 bridgehead atoms. The fraction of sp³-hybridized carbons (Fsp3) is 0.615. The van der Waals surface area contributed by atoms with Gasteiger partial charge in [-0.25, -0.2) is 9.97 Å². The van der Waals surface area contributed by atoms with Crippen molar-refractivity contribution in [3.63, 3.8) is 0 Å². The highest BCUT2D eigenvalue weighted by atomic mass is 35.5. The minimum atomic E-state index is -1.61. The van der Waals surface area contributed by atoms with E-state index in [1.807, 2.05) is 4.90 Å². The summed E-state index contributed by atoms with van der Waals surface area (Å²) >= 11 is 5.86. The Balaban J connectivity index is 1.52. The molecule has 0 saturated carbocycles. The van der Waals surface area contributed by atoms with Crippen LogP contribution in [0, 0.1) is 5.41 Å². The molecular formula is C39H63ClN10O7. The van der Waals surface area contributed by atoms with Gasteiger partial charge in [-0.15, -0.1) is 0 Å². The predicted octanol–water partition coefficient (Wildman–Crippen LogP) is 1.23. The van der Waals surface area contributed by atoms with Crippen molar-refractivity contribution < 1.29 is 35.1 Å². The summed E-state index contributed by atoms with van der Waals surface area (Å²) in [4.78, 5) is 34.8. The van der Waals surface area contributed by atoms with Gasteiger partial charge in [0, 0.05) is 13.1 Å². The summed E-state index contributed by atoms with van der Waals surface area (Å²) in [6.45, 7) is 3.79. The van der Waals surface area contributed by atoms with E-state index in [4.69, 9.17) is 39.3 Å². The van der Waals surface area contributed by atoms with E-state index in [9.17, 15) is 30.0 Å². The standard InChI is InChI=1S/C39H63ClN10O7/c1-2-3-4-9-18-50(22-31(54)33(55)30(53)21-26(52)23-51)19-10-17-45-29(37(43)56)20-25-15-14-24(27-12-5-6-13-28(25)27)11-7-8-16-46-39(44)49-38(57)32-35(41)48-36(42)34(40)47-32/h14-15,21,26,29,31,33,45,51-55H,2-13,16-20,22-23H2,1H3,(H2,43,56)(H4,41,42,48)(H3,44,46,49,57)/t26-,29-,31-,33-/m0/s1. The van der Waals surface area contributed by atoms with Crippen LogP contribution in [0.15, 0.2) is 24.0 Å². The second-order valence-corrected chi connectivity index (χ2v) is 14.9. The number of nitrogen functional groups attached to an aromatic ring is 2. The molecular weight excluding hydrogens is 756 g/mol. The number of aromatic nitrogens is 2. The zero-order valence-electron chi connectivity index (χ0n) is 33.0. The summed E-state index contributed by atoms with van der Waals surface area (Å²) in [5.74, 6) is -2.24. The largest absolute Gasteiger partial charge is 0.510 e. The fourth-order valence-corrected chi connectivity index (χ4v) is 7.09. The van der Waals surface area contributed by atoms with Crippen molar-refractivity contribution in [1.29, 1.82) is 5.41 Å². The van der Waals surface area contributed by atoms with E-state index in [0.717, 1.165) is 82.3 Å². The van der Waals surface area contributed by atoms with E-state index in [1.165, 1.54) is 16.7 Å². The van der Waals surface area contributed by atoms with E-state index in [0.29, 0.717) is 39.0 Å². The molecule has 0 spiro atoms. The van der Waals surface area contributed by atoms with Crippen LogP contribution in [0.3, 0.4) is 0 Å². The molecule has 2 aromatic rings. The Morgan fingerprint density at radius 3 is 2.33 bits per heavy atom. The topological polar surface area (TPSA) is 302 Å². The molecule has 1 aliphatic carbocycles. The van der Waals surface area contributed by atoms with Crippen molar-refractivity contribution in [3.8, 4) is 0 Å². The molecule has 1 aliphatic rings. The van der Waals surface area contributed by atoms with Crippen molar-refractivity contribution >= 4 is 41.0 Å². The van der Waals surface area contributed by atoms with E-state index < -0.39 is 48.5 Å². The summed E-state index contributed by atoms with van der Waals surface area (Å²) < 4.78 is 0. The molecule has 57 heavy (non-hydrogen) atoms. The third-order valence-electron chi connectivity index (χ3n) is 10.1. The van der Waals surface area contributed by atoms with Gasteiger partial charge in [0.05, 0.1) is 24.9 Å². The first-order chi connectivity index (χ1) is 27.2. The number of hydrogen-bond acceptors (Lipinski definition) is 14. The zero-order chi connectivity index (χ0) is 41.9. The number of carbonyl (C=O) groups excluding carboxylic acids is 2. The van der Waals surface area contributed by atoms with E-state index in [2.05, 4.69) is 45.0 Å². The molecule has 0 aliphatic heterocycles. The number of amides is 2. The Bertz CT molecular complexity index is 1650. The number of rotatable bonds is 25. The lowest BCUT2D eigenvalue weighted by molar-refractivity contribution is -0.120. The number of fused-ring (bicyclic) bond motifs is 1. The van der Waals surface area contributed by atoms with Gasteiger partial charge in [-0.05, 0) is 112 Å². The number of benzene rings is 1. The third-order valence-corrected chi connectivity index (χ3v) is 10.3. The van der Waals surface area contributed by atoms with E-state index >= 15 is 0 Å². The number of nitrogens with zero attached hydrogens (tertiary/aromatic N) is 3. The van der Waals surface area contributed by atoms with Crippen molar-refractivity contribution in [2.45, 2.75) is 115 Å². The van der Waals surface area contributed by atoms with Crippen molar-refractivity contribution in [1.82, 2.24) is 30.8 Å². The number of nitrogens with one attached hydrogen (secondary N) is 4. The second-order valence-electron chi connectivity index (χ2n) is 14.6. The smallest absolute Gasteiger partial charge is 0.280 e. The van der Waals surface area contributed by atoms with Gasteiger partial charge >= 0.3 is 0 Å². The van der Waals surface area contributed by atoms with Crippen LogP contribution < -0.4 is 33.2 Å². The highest BCUT2D eigenvalue weighted by Gasteiger charge is 2.25. The summed E-state index contributed by atoms with van der Waals surface area (Å²) in [5.41, 5.74) is 22.0. The minimum absolute atomic E-state index is 0.0872. The maximum Gasteiger partial charge on any atom is 0.280 e. The lowest BCUT2D eigenvalue weighted by Gasteiger charge is -2.28. The normalized spacial score (nSPS) is 15.1. The summed E-state index contributed by atoms with van der Waals surface area (Å²) in [7, 11) is 0. The number of unbranched alkanes of at least 4 members (excludes halogenated alkanes) is 4. The molecule has 4 atom stereocenters. The van der Waals surface area contributed by atoms with Gasteiger partial charge in [0.1, 0.15) is 11.9 Å². The molecule has 1 aromatic heterocycles. The second kappa shape index (κ2) is 24.6. The van der Waals surface area contributed by atoms with Crippen molar-refractivity contribution in [3.05, 3.63) is 57.1 Å². The highest BCUT2D eigenvalue weighted by molar-refractivity contribution is 6.31. The quantitative estimate of drug-likeness (QED) is 0.0290. The van der Waals surface area contributed by atoms with Crippen LogP contribution in [0.5, 0.6) is 0 Å². The molecule has 18 heteroatoms. The Morgan fingerprint density at radius 1 is 0.965 bits per heavy atom. The number of nitrogens with two attached hydrogens (primary N) is 3. The van der Waals surface area contributed by atoms with Gasteiger partial charge in [-0.3, -0.25) is 20.3 Å². The first-order valence-corrected chi connectivity index (χ1v) is 20.3. The highest BCUT2D eigenvalue weighted by Crippen LogP contribution is 2.30. The van der Waals surface area contributed by atoms with E-state index in [-0.39, 0.29) is 35.0 Å². The first kappa shape index (κ1) is 47.3. The number of aliphatic hydroxyl groups excluding tert-OH is 5. The molecule has 17 nitrogen and oxygen atoms in total. The lowest BCUT2D eigenvalue weighted by Crippen LogP contribution is -2.45. The Labute approximate surface area is 340 Å². The molecule has 1 heterocycles. The SMILES string of the molecule is CCCCCCN(CCCN[C@@H](Cc1ccc(CCCCNC(=N)NC(=O)c2nc(Cl)c(N)nc2N)c2c1CCCC2)C(N)=O)C[C@H](O)[C@@H](O)C(O)=C[C@H](O)CO. The van der Waals surface area contributed by atoms with Gasteiger partial charge < -0.3 is 58.3 Å². The number of anilines is 2. The van der Waals surface area contributed by atoms with Gasteiger partial charge in [0.2, 0.25) is 5.91 Å². The number of carbonyl (C=O) groups is 2. The number of halogens is 1. The number of guanidine groups is 1. The van der Waals surface area contributed by atoms with Crippen LogP contribution >= 0.6 is 11.6 Å². The molecule has 15 N–H and O–H groups in total. The maximum absolute atomic E-state index is 12.6. The molecule has 0 fully saturated rings. The van der Waals surface area contributed by atoms with Gasteiger partial charge in [0.15, 0.2) is 28.4 Å².